The van der Waals surface area contributed by atoms with Crippen LogP contribution in [0.3, 0.4) is 0 Å². The molecule has 27 heavy (non-hydrogen) atoms. The Morgan fingerprint density at radius 3 is 2.44 bits per heavy atom. The van der Waals surface area contributed by atoms with Crippen LogP contribution in [0.1, 0.15) is 21.5 Å². The number of ether oxygens (including phenoxy) is 2. The first-order chi connectivity index (χ1) is 13.2. The maximum absolute atomic E-state index is 11.9. The molecule has 0 spiro atoms. The standard InChI is InChI=1S/C21H18N2O4/c1-26-21(25)18-8-3-16(4-9-18)7-12-20(24)27-15-17-5-10-19(11-6-17)23-14-2-13-22-23/h2-14H,15H2,1H3/b12-7+. The molecule has 0 unspecified atom stereocenters. The van der Waals surface area contributed by atoms with Crippen molar-refractivity contribution in [2.24, 2.45) is 0 Å². The summed E-state index contributed by atoms with van der Waals surface area (Å²) in [6.45, 7) is 0.184. The Morgan fingerprint density at radius 2 is 1.81 bits per heavy atom. The third-order valence-corrected chi connectivity index (χ3v) is 3.83. The normalized spacial score (nSPS) is 10.7. The van der Waals surface area contributed by atoms with E-state index in [9.17, 15) is 9.59 Å². The van der Waals surface area contributed by atoms with Crippen LogP contribution in [0, 0.1) is 0 Å². The van der Waals surface area contributed by atoms with Crippen LogP contribution in [0.4, 0.5) is 0 Å². The maximum Gasteiger partial charge on any atom is 0.337 e. The van der Waals surface area contributed by atoms with E-state index in [0.29, 0.717) is 5.56 Å². The van der Waals surface area contributed by atoms with Crippen LogP contribution in [0.15, 0.2) is 73.1 Å². The highest BCUT2D eigenvalue weighted by Gasteiger charge is 2.04. The van der Waals surface area contributed by atoms with Gasteiger partial charge in [0, 0.05) is 18.5 Å². The molecule has 0 atom stereocenters. The zero-order chi connectivity index (χ0) is 19.1. The number of hydrogen-bond donors (Lipinski definition) is 0. The van der Waals surface area contributed by atoms with Crippen LogP contribution in [-0.2, 0) is 20.9 Å². The van der Waals surface area contributed by atoms with E-state index in [4.69, 9.17) is 4.74 Å². The number of esters is 2. The Bertz CT molecular complexity index is 927. The molecule has 0 fully saturated rings. The summed E-state index contributed by atoms with van der Waals surface area (Å²) in [5.41, 5.74) is 3.06. The fourth-order valence-electron chi connectivity index (χ4n) is 2.38. The smallest absolute Gasteiger partial charge is 0.337 e. The zero-order valence-electron chi connectivity index (χ0n) is 14.7. The quantitative estimate of drug-likeness (QED) is 0.496. The highest BCUT2D eigenvalue weighted by Crippen LogP contribution is 2.10. The van der Waals surface area contributed by atoms with E-state index in [2.05, 4.69) is 9.84 Å². The molecule has 0 bridgehead atoms. The fourth-order valence-corrected chi connectivity index (χ4v) is 2.38. The summed E-state index contributed by atoms with van der Waals surface area (Å²) in [4.78, 5) is 23.2. The van der Waals surface area contributed by atoms with Gasteiger partial charge in [-0.2, -0.15) is 5.10 Å². The van der Waals surface area contributed by atoms with E-state index in [-0.39, 0.29) is 6.61 Å². The minimum absolute atomic E-state index is 0.184. The predicted octanol–water partition coefficient (Wildman–Crippen LogP) is 3.42. The molecular weight excluding hydrogens is 344 g/mol. The monoisotopic (exact) mass is 362 g/mol. The van der Waals surface area contributed by atoms with Crippen molar-refractivity contribution in [3.63, 3.8) is 0 Å². The average Bonchev–Trinajstić information content (AvgIpc) is 3.26. The maximum atomic E-state index is 11.9. The van der Waals surface area contributed by atoms with Crippen LogP contribution < -0.4 is 0 Å². The molecule has 6 nitrogen and oxygen atoms in total. The molecular formula is C21H18N2O4. The van der Waals surface area contributed by atoms with E-state index in [1.165, 1.54) is 13.2 Å². The lowest BCUT2D eigenvalue weighted by Crippen LogP contribution is -2.01. The summed E-state index contributed by atoms with van der Waals surface area (Å²) >= 11 is 0. The molecule has 1 aromatic heterocycles. The van der Waals surface area contributed by atoms with Crippen LogP contribution in [0.5, 0.6) is 0 Å². The molecule has 0 aliphatic rings. The third kappa shape index (κ3) is 4.92. The zero-order valence-corrected chi connectivity index (χ0v) is 14.7. The van der Waals surface area contributed by atoms with E-state index in [1.807, 2.05) is 36.5 Å². The summed E-state index contributed by atoms with van der Waals surface area (Å²) in [5, 5.41) is 4.16. The molecule has 0 saturated heterocycles. The second kappa shape index (κ2) is 8.62. The lowest BCUT2D eigenvalue weighted by molar-refractivity contribution is -0.138. The van der Waals surface area contributed by atoms with E-state index < -0.39 is 11.9 Å². The molecule has 0 aliphatic carbocycles. The molecule has 6 heteroatoms. The molecule has 3 aromatic rings. The van der Waals surface area contributed by atoms with E-state index in [0.717, 1.165) is 16.8 Å². The first kappa shape index (κ1) is 18.1. The summed E-state index contributed by atoms with van der Waals surface area (Å²) in [7, 11) is 1.33. The lowest BCUT2D eigenvalue weighted by Gasteiger charge is -2.05. The Morgan fingerprint density at radius 1 is 1.07 bits per heavy atom. The Balaban J connectivity index is 1.52. The topological polar surface area (TPSA) is 70.4 Å². The van der Waals surface area contributed by atoms with Crippen molar-refractivity contribution in [2.75, 3.05) is 7.11 Å². The summed E-state index contributed by atoms with van der Waals surface area (Å²) in [5.74, 6) is -0.841. The van der Waals surface area contributed by atoms with Gasteiger partial charge in [-0.1, -0.05) is 24.3 Å². The highest BCUT2D eigenvalue weighted by molar-refractivity contribution is 5.90. The van der Waals surface area contributed by atoms with Gasteiger partial charge in [0.05, 0.1) is 18.4 Å². The van der Waals surface area contributed by atoms with Crippen molar-refractivity contribution in [3.8, 4) is 5.69 Å². The molecule has 0 aliphatic heterocycles. The van der Waals surface area contributed by atoms with E-state index in [1.54, 1.807) is 41.2 Å². The van der Waals surface area contributed by atoms with Crippen LogP contribution >= 0.6 is 0 Å². The van der Waals surface area contributed by atoms with Gasteiger partial charge in [-0.3, -0.25) is 0 Å². The number of aromatic nitrogens is 2. The molecule has 3 rings (SSSR count). The largest absolute Gasteiger partial charge is 0.465 e. The number of carbonyl (C=O) groups excluding carboxylic acids is 2. The minimum Gasteiger partial charge on any atom is -0.465 e. The number of rotatable bonds is 6. The van der Waals surface area contributed by atoms with Gasteiger partial charge in [-0.05, 0) is 47.5 Å². The van der Waals surface area contributed by atoms with Gasteiger partial charge in [0.2, 0.25) is 0 Å². The Kier molecular flexibility index (Phi) is 5.79. The molecule has 1 heterocycles. The number of carbonyl (C=O) groups is 2. The fraction of sp³-hybridized carbons (Fsp3) is 0.0952. The van der Waals surface area contributed by atoms with Gasteiger partial charge >= 0.3 is 11.9 Å². The molecule has 0 radical (unpaired) electrons. The lowest BCUT2D eigenvalue weighted by atomic mass is 10.1. The minimum atomic E-state index is -0.441. The Labute approximate surface area is 156 Å². The van der Waals surface area contributed by atoms with Crippen LogP contribution in [-0.4, -0.2) is 28.8 Å². The van der Waals surface area contributed by atoms with Gasteiger partial charge < -0.3 is 9.47 Å². The van der Waals surface area contributed by atoms with Gasteiger partial charge in [-0.25, -0.2) is 14.3 Å². The number of methoxy groups -OCH3 is 1. The SMILES string of the molecule is COC(=O)c1ccc(/C=C/C(=O)OCc2ccc(-n3cccn3)cc2)cc1. The van der Waals surface area contributed by atoms with E-state index >= 15 is 0 Å². The number of benzene rings is 2. The molecule has 136 valence electrons. The first-order valence-corrected chi connectivity index (χ1v) is 8.28. The predicted molar refractivity (Wildman–Crippen MR) is 100 cm³/mol. The Hall–Kier alpha value is -3.67. The average molecular weight is 362 g/mol. The van der Waals surface area contributed by atoms with Crippen molar-refractivity contribution in [1.82, 2.24) is 9.78 Å². The van der Waals surface area contributed by atoms with Crippen molar-refractivity contribution in [1.29, 1.82) is 0 Å². The summed E-state index contributed by atoms with van der Waals surface area (Å²) in [6.07, 6.45) is 6.55. The van der Waals surface area contributed by atoms with Gasteiger partial charge in [0.15, 0.2) is 0 Å². The summed E-state index contributed by atoms with van der Waals surface area (Å²) in [6, 6.07) is 16.2. The second-order valence-corrected chi connectivity index (χ2v) is 5.67. The third-order valence-electron chi connectivity index (χ3n) is 3.83. The number of nitrogens with zero attached hydrogens (tertiary/aromatic N) is 2. The van der Waals surface area contributed by atoms with Crippen molar-refractivity contribution >= 4 is 18.0 Å². The van der Waals surface area contributed by atoms with Crippen LogP contribution in [0.2, 0.25) is 0 Å². The second-order valence-electron chi connectivity index (χ2n) is 5.67. The molecule has 2 aromatic carbocycles. The van der Waals surface area contributed by atoms with Gasteiger partial charge in [-0.15, -0.1) is 0 Å². The molecule has 0 saturated carbocycles. The van der Waals surface area contributed by atoms with Gasteiger partial charge in [0.1, 0.15) is 6.61 Å². The van der Waals surface area contributed by atoms with Crippen molar-refractivity contribution in [3.05, 3.63) is 89.8 Å². The van der Waals surface area contributed by atoms with Crippen molar-refractivity contribution < 1.29 is 19.1 Å². The first-order valence-electron chi connectivity index (χ1n) is 8.28. The molecule has 0 N–H and O–H groups in total. The van der Waals surface area contributed by atoms with Crippen LogP contribution in [0.25, 0.3) is 11.8 Å². The van der Waals surface area contributed by atoms with Gasteiger partial charge in [0.25, 0.3) is 0 Å². The molecule has 0 amide bonds. The highest BCUT2D eigenvalue weighted by atomic mass is 16.5. The summed E-state index contributed by atoms with van der Waals surface area (Å²) < 4.78 is 11.6. The van der Waals surface area contributed by atoms with Crippen molar-refractivity contribution in [2.45, 2.75) is 6.61 Å². The number of hydrogen-bond acceptors (Lipinski definition) is 5.